The third-order valence-electron chi connectivity index (χ3n) is 7.52. The summed E-state index contributed by atoms with van der Waals surface area (Å²) in [6.45, 7) is 7.98. The van der Waals surface area contributed by atoms with E-state index < -0.39 is 0 Å². The standard InChI is InChI=1S/C32H33N5O3S/c1-6-28(38)34-26-15-14-24(17-19(26)2)37-30(29(35-32(37)41)27-9-7-8-16-33-27)25-18-20(3)36(21(25)4)23-12-10-22(11-13-23)31(39)40-5/h7-18,29-30H,6H2,1-5H3,(H,34,38)(H,35,41)/t29-,30-/m1/s1. The highest BCUT2D eigenvalue weighted by atomic mass is 32.1. The first-order chi connectivity index (χ1) is 19.7. The number of pyridine rings is 1. The Bertz CT molecular complexity index is 1610. The summed E-state index contributed by atoms with van der Waals surface area (Å²) < 4.78 is 7.04. The average Bonchev–Trinajstić information content (AvgIpc) is 3.48. The summed E-state index contributed by atoms with van der Waals surface area (Å²) >= 11 is 5.93. The van der Waals surface area contributed by atoms with E-state index in [1.54, 1.807) is 18.3 Å². The van der Waals surface area contributed by atoms with Crippen molar-refractivity contribution in [1.82, 2.24) is 14.9 Å². The van der Waals surface area contributed by atoms with E-state index in [2.05, 4.69) is 51.1 Å². The van der Waals surface area contributed by atoms with Gasteiger partial charge in [-0.3, -0.25) is 9.78 Å². The van der Waals surface area contributed by atoms with Crippen LogP contribution < -0.4 is 15.5 Å². The molecule has 1 aliphatic rings. The molecule has 4 aromatic rings. The van der Waals surface area contributed by atoms with Gasteiger partial charge in [-0.05, 0) is 105 Å². The molecule has 0 saturated carbocycles. The maximum absolute atomic E-state index is 12.0. The van der Waals surface area contributed by atoms with Crippen LogP contribution in [0.3, 0.4) is 0 Å². The number of nitrogens with one attached hydrogen (secondary N) is 2. The highest BCUT2D eigenvalue weighted by Crippen LogP contribution is 2.44. The van der Waals surface area contributed by atoms with Gasteiger partial charge in [-0.25, -0.2) is 4.79 Å². The fourth-order valence-corrected chi connectivity index (χ4v) is 5.82. The van der Waals surface area contributed by atoms with Crippen LogP contribution >= 0.6 is 12.2 Å². The minimum absolute atomic E-state index is 0.0284. The molecule has 1 saturated heterocycles. The van der Waals surface area contributed by atoms with Gasteiger partial charge < -0.3 is 24.8 Å². The van der Waals surface area contributed by atoms with Gasteiger partial charge in [0.15, 0.2) is 5.11 Å². The number of carbonyl (C=O) groups is 2. The summed E-state index contributed by atoms with van der Waals surface area (Å²) in [6, 6.07) is 21.1. The quantitative estimate of drug-likeness (QED) is 0.206. The molecule has 1 fully saturated rings. The number of methoxy groups -OCH3 is 1. The Hall–Kier alpha value is -4.50. The fraction of sp³-hybridized carbons (Fsp3) is 0.250. The molecule has 1 amide bonds. The van der Waals surface area contributed by atoms with Gasteiger partial charge in [-0.15, -0.1) is 0 Å². The molecule has 8 nitrogen and oxygen atoms in total. The summed E-state index contributed by atoms with van der Waals surface area (Å²) in [5.41, 5.74) is 8.19. The number of benzene rings is 2. The lowest BCUT2D eigenvalue weighted by molar-refractivity contribution is -0.115. The number of rotatable bonds is 7. The SMILES string of the molecule is CCC(=O)Nc1ccc(N2C(=S)N[C@H](c3ccccn3)[C@H]2c2cc(C)n(-c3ccc(C(=O)OC)cc3)c2C)cc1C. The van der Waals surface area contributed by atoms with Crippen LogP contribution in [0.4, 0.5) is 11.4 Å². The number of hydrogen-bond acceptors (Lipinski definition) is 5. The first-order valence-corrected chi connectivity index (χ1v) is 13.9. The van der Waals surface area contributed by atoms with Crippen molar-refractivity contribution < 1.29 is 14.3 Å². The van der Waals surface area contributed by atoms with Crippen molar-refractivity contribution in [1.29, 1.82) is 0 Å². The van der Waals surface area contributed by atoms with Gasteiger partial charge in [0.05, 0.1) is 30.5 Å². The largest absolute Gasteiger partial charge is 0.465 e. The maximum Gasteiger partial charge on any atom is 0.337 e. The van der Waals surface area contributed by atoms with Crippen LogP contribution in [0.1, 0.15) is 64.0 Å². The van der Waals surface area contributed by atoms with Crippen molar-refractivity contribution in [2.24, 2.45) is 0 Å². The third-order valence-corrected chi connectivity index (χ3v) is 7.83. The van der Waals surface area contributed by atoms with Crippen molar-refractivity contribution in [3.63, 3.8) is 0 Å². The zero-order valence-electron chi connectivity index (χ0n) is 23.8. The normalized spacial score (nSPS) is 16.4. The Balaban J connectivity index is 1.60. The Morgan fingerprint density at radius 3 is 2.39 bits per heavy atom. The highest BCUT2D eigenvalue weighted by Gasteiger charge is 2.42. The van der Waals surface area contributed by atoms with Crippen LogP contribution in [-0.4, -0.2) is 33.6 Å². The van der Waals surface area contributed by atoms with Gasteiger partial charge in [0, 0.05) is 41.1 Å². The topological polar surface area (TPSA) is 88.5 Å². The van der Waals surface area contributed by atoms with Crippen molar-refractivity contribution in [2.45, 2.75) is 46.2 Å². The molecule has 3 heterocycles. The predicted octanol–water partition coefficient (Wildman–Crippen LogP) is 6.11. The maximum atomic E-state index is 12.0. The van der Waals surface area contributed by atoms with Gasteiger partial charge >= 0.3 is 5.97 Å². The Labute approximate surface area is 245 Å². The second-order valence-electron chi connectivity index (χ2n) is 10.1. The number of carbonyl (C=O) groups excluding carboxylic acids is 2. The van der Waals surface area contributed by atoms with E-state index in [1.165, 1.54) is 7.11 Å². The van der Waals surface area contributed by atoms with Crippen molar-refractivity contribution in [3.8, 4) is 5.69 Å². The molecule has 0 aliphatic carbocycles. The molecule has 2 aromatic heterocycles. The van der Waals surface area contributed by atoms with Gasteiger partial charge in [-0.2, -0.15) is 0 Å². The number of nitrogens with zero attached hydrogens (tertiary/aromatic N) is 3. The molecular formula is C32H33N5O3S. The number of hydrogen-bond donors (Lipinski definition) is 2. The summed E-state index contributed by atoms with van der Waals surface area (Å²) in [4.78, 5) is 30.8. The van der Waals surface area contributed by atoms with Crippen molar-refractivity contribution in [2.75, 3.05) is 17.3 Å². The molecule has 9 heteroatoms. The van der Waals surface area contributed by atoms with E-state index >= 15 is 0 Å². The van der Waals surface area contributed by atoms with E-state index in [-0.39, 0.29) is 24.0 Å². The first-order valence-electron chi connectivity index (χ1n) is 13.5. The molecule has 2 atom stereocenters. The van der Waals surface area contributed by atoms with Crippen molar-refractivity contribution >= 4 is 40.6 Å². The summed E-state index contributed by atoms with van der Waals surface area (Å²) in [7, 11) is 1.38. The highest BCUT2D eigenvalue weighted by molar-refractivity contribution is 7.80. The van der Waals surface area contributed by atoms with Crippen LogP contribution in [-0.2, 0) is 9.53 Å². The zero-order valence-corrected chi connectivity index (χ0v) is 24.6. The molecule has 210 valence electrons. The molecule has 0 unspecified atom stereocenters. The van der Waals surface area contributed by atoms with E-state index in [9.17, 15) is 9.59 Å². The molecule has 0 radical (unpaired) electrons. The summed E-state index contributed by atoms with van der Waals surface area (Å²) in [6.07, 6.45) is 2.21. The fourth-order valence-electron chi connectivity index (χ4n) is 5.47. The number of esters is 1. The minimum atomic E-state index is -0.367. The molecule has 2 aromatic carbocycles. The van der Waals surface area contributed by atoms with E-state index in [0.717, 1.165) is 45.3 Å². The number of ether oxygens (including phenoxy) is 1. The number of anilines is 2. The molecular weight excluding hydrogens is 534 g/mol. The van der Waals surface area contributed by atoms with E-state index in [4.69, 9.17) is 17.0 Å². The van der Waals surface area contributed by atoms with Gasteiger partial charge in [0.2, 0.25) is 5.91 Å². The van der Waals surface area contributed by atoms with Crippen LogP contribution in [0.25, 0.3) is 5.69 Å². The first kappa shape index (κ1) is 28.0. The monoisotopic (exact) mass is 567 g/mol. The lowest BCUT2D eigenvalue weighted by Crippen LogP contribution is -2.29. The average molecular weight is 568 g/mol. The third kappa shape index (κ3) is 5.32. The summed E-state index contributed by atoms with van der Waals surface area (Å²) in [5, 5.41) is 7.10. The van der Waals surface area contributed by atoms with E-state index in [0.29, 0.717) is 17.1 Å². The molecule has 41 heavy (non-hydrogen) atoms. The summed E-state index contributed by atoms with van der Waals surface area (Å²) in [5.74, 6) is -0.396. The lowest BCUT2D eigenvalue weighted by atomic mass is 9.96. The smallest absolute Gasteiger partial charge is 0.337 e. The zero-order chi connectivity index (χ0) is 29.3. The number of amides is 1. The van der Waals surface area contributed by atoms with E-state index in [1.807, 2.05) is 56.3 Å². The van der Waals surface area contributed by atoms with Crippen LogP contribution in [0, 0.1) is 20.8 Å². The number of aryl methyl sites for hydroxylation is 2. The van der Waals surface area contributed by atoms with Crippen LogP contribution in [0.15, 0.2) is 72.9 Å². The van der Waals surface area contributed by atoms with Gasteiger partial charge in [0.1, 0.15) is 0 Å². The lowest BCUT2D eigenvalue weighted by Gasteiger charge is -2.29. The van der Waals surface area contributed by atoms with Crippen molar-refractivity contribution in [3.05, 3.63) is 107 Å². The second kappa shape index (κ2) is 11.5. The minimum Gasteiger partial charge on any atom is -0.465 e. The Morgan fingerprint density at radius 2 is 1.76 bits per heavy atom. The number of thiocarbonyl (C=S) groups is 1. The van der Waals surface area contributed by atoms with Gasteiger partial charge in [-0.1, -0.05) is 13.0 Å². The molecule has 1 aliphatic heterocycles. The Morgan fingerprint density at radius 1 is 1.02 bits per heavy atom. The molecule has 0 spiro atoms. The molecule has 2 N–H and O–H groups in total. The molecule has 0 bridgehead atoms. The second-order valence-corrected chi connectivity index (χ2v) is 10.5. The number of aromatic nitrogens is 2. The van der Waals surface area contributed by atoms with Crippen LogP contribution in [0.2, 0.25) is 0 Å². The van der Waals surface area contributed by atoms with Crippen LogP contribution in [0.5, 0.6) is 0 Å². The predicted molar refractivity (Wildman–Crippen MR) is 165 cm³/mol. The Kier molecular flexibility index (Phi) is 7.90. The van der Waals surface area contributed by atoms with Gasteiger partial charge in [0.25, 0.3) is 0 Å². The molecule has 5 rings (SSSR count).